The maximum Gasteiger partial charge on any atom is 0.303 e. The van der Waals surface area contributed by atoms with Crippen molar-refractivity contribution in [3.63, 3.8) is 0 Å². The van der Waals surface area contributed by atoms with E-state index in [1.165, 1.54) is 0 Å². The van der Waals surface area contributed by atoms with Crippen molar-refractivity contribution in [2.75, 3.05) is 6.61 Å². The molecule has 2 rings (SSSR count). The van der Waals surface area contributed by atoms with Gasteiger partial charge in [-0.15, -0.1) is 6.58 Å². The van der Waals surface area contributed by atoms with Gasteiger partial charge in [-0.25, -0.2) is 0 Å². The molecule has 0 heterocycles. The third-order valence-electron chi connectivity index (χ3n) is 5.03. The Morgan fingerprint density at radius 3 is 2.56 bits per heavy atom. The number of ether oxygens (including phenoxy) is 1. The normalized spacial score (nSPS) is 25.0. The van der Waals surface area contributed by atoms with Gasteiger partial charge in [-0.1, -0.05) is 41.4 Å². The molecule has 0 amide bonds. The minimum Gasteiger partial charge on any atom is -0.493 e. The molecule has 1 aliphatic carbocycles. The molecule has 4 nitrogen and oxygen atoms in total. The molecule has 0 unspecified atom stereocenters. The molecule has 1 saturated carbocycles. The van der Waals surface area contributed by atoms with E-state index < -0.39 is 12.1 Å². The molecule has 1 aromatic carbocycles. The highest BCUT2D eigenvalue weighted by molar-refractivity contribution is 6.34. The first-order chi connectivity index (χ1) is 12.9. The van der Waals surface area contributed by atoms with Gasteiger partial charge in [0.1, 0.15) is 5.75 Å². The second-order valence-corrected chi connectivity index (χ2v) is 7.81. The van der Waals surface area contributed by atoms with Crippen LogP contribution < -0.4 is 4.74 Å². The molecular formula is C21H26Cl2O4. The number of benzene rings is 1. The highest BCUT2D eigenvalue weighted by Gasteiger charge is 2.40. The van der Waals surface area contributed by atoms with Gasteiger partial charge in [0.15, 0.2) is 0 Å². The van der Waals surface area contributed by atoms with Gasteiger partial charge in [0, 0.05) is 22.4 Å². The Labute approximate surface area is 170 Å². The van der Waals surface area contributed by atoms with Crippen LogP contribution in [0.5, 0.6) is 5.75 Å². The summed E-state index contributed by atoms with van der Waals surface area (Å²) < 4.78 is 5.86. The van der Waals surface area contributed by atoms with Crippen LogP contribution in [-0.4, -0.2) is 28.9 Å². The van der Waals surface area contributed by atoms with Gasteiger partial charge in [0.05, 0.1) is 12.7 Å². The lowest BCUT2D eigenvalue weighted by atomic mass is 9.86. The Bertz CT molecular complexity index is 654. The van der Waals surface area contributed by atoms with E-state index in [-0.39, 0.29) is 24.2 Å². The molecule has 0 bridgehead atoms. The van der Waals surface area contributed by atoms with Crippen molar-refractivity contribution in [3.8, 4) is 5.75 Å². The fraction of sp³-hybridized carbons (Fsp3) is 0.476. The highest BCUT2D eigenvalue weighted by Crippen LogP contribution is 2.41. The number of hydrogen-bond donors (Lipinski definition) is 2. The van der Waals surface area contributed by atoms with Gasteiger partial charge < -0.3 is 14.9 Å². The lowest BCUT2D eigenvalue weighted by molar-refractivity contribution is -0.137. The number of aliphatic hydroxyl groups excluding tert-OH is 1. The average molecular weight is 413 g/mol. The van der Waals surface area contributed by atoms with Crippen LogP contribution in [0.3, 0.4) is 0 Å². The number of carbonyl (C=O) groups is 1. The summed E-state index contributed by atoms with van der Waals surface area (Å²) in [7, 11) is 0. The molecule has 0 saturated heterocycles. The number of allylic oxidation sites excluding steroid dienone is 3. The van der Waals surface area contributed by atoms with Crippen LogP contribution >= 0.6 is 23.2 Å². The Hall–Kier alpha value is -1.49. The minimum absolute atomic E-state index is 0.0190. The summed E-state index contributed by atoms with van der Waals surface area (Å²) in [6.07, 6.45) is 8.56. The number of unbranched alkanes of at least 4 members (excludes halogenated alkanes) is 1. The van der Waals surface area contributed by atoms with Crippen LogP contribution in [0.1, 0.15) is 32.1 Å². The van der Waals surface area contributed by atoms with Crippen LogP contribution in [0.25, 0.3) is 0 Å². The summed E-state index contributed by atoms with van der Waals surface area (Å²) in [6, 6.07) is 5.06. The van der Waals surface area contributed by atoms with E-state index in [0.717, 1.165) is 12.8 Å². The molecule has 2 N–H and O–H groups in total. The summed E-state index contributed by atoms with van der Waals surface area (Å²) in [4.78, 5) is 10.5. The fourth-order valence-electron chi connectivity index (χ4n) is 3.63. The van der Waals surface area contributed by atoms with E-state index in [2.05, 4.69) is 12.7 Å². The van der Waals surface area contributed by atoms with Crippen molar-refractivity contribution >= 4 is 29.2 Å². The second-order valence-electron chi connectivity index (χ2n) is 6.94. The standard InChI is InChI=1S/C21H26Cl2O4/c1-2-14-9-20(24)19(13-27-17-11-15(22)10-16(23)12-17)18(14)7-5-3-4-6-8-21(25)26/h2-3,5,10-12,14,18-20,24H,1,4,6-9,13H2,(H,25,26)/b5-3-/t14-,18+,19-,20-/m1/s1. The molecule has 0 spiro atoms. The first-order valence-corrected chi connectivity index (χ1v) is 9.92. The number of aliphatic carboxylic acids is 1. The molecule has 27 heavy (non-hydrogen) atoms. The van der Waals surface area contributed by atoms with Crippen molar-refractivity contribution in [1.82, 2.24) is 0 Å². The van der Waals surface area contributed by atoms with Crippen LogP contribution in [0, 0.1) is 17.8 Å². The lowest BCUT2D eigenvalue weighted by Crippen LogP contribution is -2.26. The predicted octanol–water partition coefficient (Wildman–Crippen LogP) is 5.37. The minimum atomic E-state index is -0.771. The molecule has 6 heteroatoms. The predicted molar refractivity (Wildman–Crippen MR) is 108 cm³/mol. The van der Waals surface area contributed by atoms with Gasteiger partial charge in [-0.3, -0.25) is 4.79 Å². The zero-order chi connectivity index (χ0) is 19.8. The van der Waals surface area contributed by atoms with E-state index in [9.17, 15) is 9.90 Å². The van der Waals surface area contributed by atoms with Crippen LogP contribution in [0.2, 0.25) is 10.0 Å². The van der Waals surface area contributed by atoms with E-state index >= 15 is 0 Å². The molecule has 0 aromatic heterocycles. The summed E-state index contributed by atoms with van der Waals surface area (Å²) in [5.74, 6) is 0.245. The van der Waals surface area contributed by atoms with E-state index in [4.69, 9.17) is 33.0 Å². The summed E-state index contributed by atoms with van der Waals surface area (Å²) in [5, 5.41) is 20.2. The van der Waals surface area contributed by atoms with Gasteiger partial charge >= 0.3 is 5.97 Å². The van der Waals surface area contributed by atoms with Crippen molar-refractivity contribution < 1.29 is 19.7 Å². The van der Waals surface area contributed by atoms with Gasteiger partial charge in [-0.2, -0.15) is 0 Å². The second kappa shape index (κ2) is 10.7. The number of carboxylic acid groups (broad SMARTS) is 1. The zero-order valence-corrected chi connectivity index (χ0v) is 16.7. The molecule has 0 aliphatic heterocycles. The van der Waals surface area contributed by atoms with Crippen LogP contribution in [0.15, 0.2) is 43.0 Å². The molecule has 1 fully saturated rings. The van der Waals surface area contributed by atoms with Crippen molar-refractivity contribution in [2.24, 2.45) is 17.8 Å². The third kappa shape index (κ3) is 6.87. The van der Waals surface area contributed by atoms with Crippen molar-refractivity contribution in [3.05, 3.63) is 53.1 Å². The van der Waals surface area contributed by atoms with Gasteiger partial charge in [0.25, 0.3) is 0 Å². The highest BCUT2D eigenvalue weighted by atomic mass is 35.5. The first-order valence-electron chi connectivity index (χ1n) is 9.17. The van der Waals surface area contributed by atoms with Crippen LogP contribution in [0.4, 0.5) is 0 Å². The topological polar surface area (TPSA) is 66.8 Å². The molecular weight excluding hydrogens is 387 g/mol. The first kappa shape index (κ1) is 21.8. The molecule has 4 atom stereocenters. The number of hydrogen-bond acceptors (Lipinski definition) is 3. The summed E-state index contributed by atoms with van der Waals surface area (Å²) >= 11 is 12.0. The van der Waals surface area contributed by atoms with Crippen LogP contribution in [-0.2, 0) is 4.79 Å². The Kier molecular flexibility index (Phi) is 8.68. The van der Waals surface area contributed by atoms with E-state index in [1.54, 1.807) is 18.2 Å². The van der Waals surface area contributed by atoms with Gasteiger partial charge in [0.2, 0.25) is 0 Å². The summed E-state index contributed by atoms with van der Waals surface area (Å²) in [5.41, 5.74) is 0. The number of carboxylic acids is 1. The maximum absolute atomic E-state index is 10.5. The van der Waals surface area contributed by atoms with Crippen molar-refractivity contribution in [2.45, 2.75) is 38.2 Å². The quantitative estimate of drug-likeness (QED) is 0.400. The van der Waals surface area contributed by atoms with Crippen molar-refractivity contribution in [1.29, 1.82) is 0 Å². The van der Waals surface area contributed by atoms with E-state index in [0.29, 0.717) is 35.2 Å². The lowest BCUT2D eigenvalue weighted by Gasteiger charge is -2.23. The fourth-order valence-corrected chi connectivity index (χ4v) is 4.14. The third-order valence-corrected chi connectivity index (χ3v) is 5.46. The number of aliphatic hydroxyl groups is 1. The SMILES string of the molecule is C=C[C@@H]1C[C@@H](O)[C@H](COc2cc(Cl)cc(Cl)c2)[C@H]1C/C=C\CCCC(=O)O. The largest absolute Gasteiger partial charge is 0.493 e. The molecule has 148 valence electrons. The summed E-state index contributed by atoms with van der Waals surface area (Å²) in [6.45, 7) is 4.28. The zero-order valence-electron chi connectivity index (χ0n) is 15.2. The molecule has 1 aromatic rings. The average Bonchev–Trinajstić information content (AvgIpc) is 2.90. The Balaban J connectivity index is 1.94. The Morgan fingerprint density at radius 1 is 1.22 bits per heavy atom. The monoisotopic (exact) mass is 412 g/mol. The molecule has 0 radical (unpaired) electrons. The van der Waals surface area contributed by atoms with E-state index in [1.807, 2.05) is 12.2 Å². The molecule has 1 aliphatic rings. The number of halogens is 2. The maximum atomic E-state index is 10.5. The number of rotatable bonds is 10. The smallest absolute Gasteiger partial charge is 0.303 e. The Morgan fingerprint density at radius 2 is 1.93 bits per heavy atom. The van der Waals surface area contributed by atoms with Gasteiger partial charge in [-0.05, 0) is 55.7 Å².